The van der Waals surface area contributed by atoms with E-state index in [0.29, 0.717) is 60.9 Å². The Balaban J connectivity index is 1.16. The van der Waals surface area contributed by atoms with Gasteiger partial charge in [-0.15, -0.1) is 0 Å². The average Bonchev–Trinajstić information content (AvgIpc) is 3.21. The molecule has 0 atom stereocenters. The van der Waals surface area contributed by atoms with Gasteiger partial charge in [-0.2, -0.15) is 0 Å². The van der Waals surface area contributed by atoms with Crippen LogP contribution in [0.2, 0.25) is 0 Å². The van der Waals surface area contributed by atoms with Crippen LogP contribution in [0.3, 0.4) is 0 Å². The number of pyridine rings is 1. The fourth-order valence-corrected chi connectivity index (χ4v) is 8.91. The lowest BCUT2D eigenvalue weighted by Crippen LogP contribution is -2.38. The summed E-state index contributed by atoms with van der Waals surface area (Å²) in [7, 11) is -3.00. The number of rotatable bonds is 16. The first kappa shape index (κ1) is 45.1. The molecule has 0 spiro atoms. The number of nitrogens with zero attached hydrogens (tertiary/aromatic N) is 3. The lowest BCUT2D eigenvalue weighted by atomic mass is 9.86. The highest BCUT2D eigenvalue weighted by Crippen LogP contribution is 2.40. The minimum absolute atomic E-state index is 0.102. The summed E-state index contributed by atoms with van der Waals surface area (Å²) in [4.78, 5) is 20.5. The van der Waals surface area contributed by atoms with E-state index in [0.717, 1.165) is 42.4 Å². The zero-order valence-electron chi connectivity index (χ0n) is 35.6. The second kappa shape index (κ2) is 19.1. The van der Waals surface area contributed by atoms with Gasteiger partial charge in [0.1, 0.15) is 22.1 Å². The van der Waals surface area contributed by atoms with E-state index < -0.39 is 26.1 Å². The molecule has 1 saturated heterocycles. The van der Waals surface area contributed by atoms with E-state index in [1.807, 2.05) is 51.1 Å². The minimum Gasteiger partial charge on any atom is -0.495 e. The summed E-state index contributed by atoms with van der Waals surface area (Å²) >= 11 is 0. The zero-order chi connectivity index (χ0) is 44.0. The Labute approximate surface area is 358 Å². The monoisotopic (exact) mass is 874 g/mol. The number of anilines is 3. The first-order chi connectivity index (χ1) is 28.9. The van der Waals surface area contributed by atoms with Crippen molar-refractivity contribution < 1.29 is 40.6 Å². The number of aromatic nitrogens is 1. The molecule has 6 rings (SSSR count). The SMILES string of the molecule is COc1cc(Cc2cc(Oc3ccc(NC(=O)Nc4cc(C(C)(C)C)cc(NS(C)(=O)=O)c4OC)c4ccccc34)ccn2)ccc1S(=O)(=O)N(C)CCCN1CCOCC1. The highest BCUT2D eigenvalue weighted by atomic mass is 32.2. The van der Waals surface area contributed by atoms with Gasteiger partial charge >= 0.3 is 6.03 Å². The first-order valence-electron chi connectivity index (χ1n) is 19.8. The molecule has 2 amide bonds. The molecule has 0 radical (unpaired) electrons. The third-order valence-electron chi connectivity index (χ3n) is 10.2. The van der Waals surface area contributed by atoms with Crippen molar-refractivity contribution in [2.24, 2.45) is 0 Å². The van der Waals surface area contributed by atoms with Gasteiger partial charge in [0.2, 0.25) is 20.0 Å². The second-order valence-electron chi connectivity index (χ2n) is 15.8. The van der Waals surface area contributed by atoms with Crippen LogP contribution in [0.4, 0.5) is 21.9 Å². The van der Waals surface area contributed by atoms with Crippen molar-refractivity contribution in [2.75, 3.05) is 82.3 Å². The van der Waals surface area contributed by atoms with Crippen molar-refractivity contribution in [1.82, 2.24) is 14.2 Å². The number of hydrogen-bond acceptors (Lipinski definition) is 11. The van der Waals surface area contributed by atoms with E-state index in [1.165, 1.54) is 18.5 Å². The van der Waals surface area contributed by atoms with Crippen molar-refractivity contribution in [3.05, 3.63) is 102 Å². The van der Waals surface area contributed by atoms with Gasteiger partial charge in [0, 0.05) is 61.8 Å². The van der Waals surface area contributed by atoms with Crippen LogP contribution in [0, 0.1) is 0 Å². The molecule has 3 N–H and O–H groups in total. The second-order valence-corrected chi connectivity index (χ2v) is 19.6. The Kier molecular flexibility index (Phi) is 14.1. The Morgan fingerprint density at radius 1 is 0.852 bits per heavy atom. The highest BCUT2D eigenvalue weighted by molar-refractivity contribution is 7.92. The molecule has 2 heterocycles. The molecule has 0 aliphatic carbocycles. The standard InChI is InChI=1S/C44H54N6O9S2/c1-44(2,3)31-27-37(42(57-6)38(28-31)48-60(7,52)53)47-43(51)46-36-14-15-39(35-12-9-8-11-34(35)36)59-33-17-18-45-32(29-33)25-30-13-16-41(40(26-30)56-5)61(54,55)49(4)19-10-20-50-21-23-58-24-22-50/h8-9,11-18,26-29,48H,10,19-25H2,1-7H3,(H2,46,47,51). The maximum Gasteiger partial charge on any atom is 0.323 e. The van der Waals surface area contributed by atoms with Gasteiger partial charge in [0.25, 0.3) is 0 Å². The van der Waals surface area contributed by atoms with E-state index in [1.54, 1.807) is 61.8 Å². The summed E-state index contributed by atoms with van der Waals surface area (Å²) in [5, 5.41) is 7.21. The van der Waals surface area contributed by atoms with Gasteiger partial charge in [0.15, 0.2) is 5.75 Å². The van der Waals surface area contributed by atoms with Crippen LogP contribution in [-0.2, 0) is 36.6 Å². The maximum atomic E-state index is 13.6. The highest BCUT2D eigenvalue weighted by Gasteiger charge is 2.26. The summed E-state index contributed by atoms with van der Waals surface area (Å²) in [6.07, 6.45) is 3.78. The molecule has 0 unspecified atom stereocenters. The fraction of sp³-hybridized carbons (Fsp3) is 0.364. The van der Waals surface area contributed by atoms with Crippen molar-refractivity contribution in [2.45, 2.75) is 43.9 Å². The van der Waals surface area contributed by atoms with Crippen molar-refractivity contribution in [3.8, 4) is 23.0 Å². The molecule has 17 heteroatoms. The number of ether oxygens (including phenoxy) is 4. The molecule has 1 aromatic heterocycles. The molecule has 0 saturated carbocycles. The van der Waals surface area contributed by atoms with Crippen LogP contribution in [-0.4, -0.2) is 104 Å². The molecule has 61 heavy (non-hydrogen) atoms. The number of fused-ring (bicyclic) bond motifs is 1. The number of sulfonamides is 2. The minimum atomic E-state index is -3.80. The molecule has 5 aromatic rings. The fourth-order valence-electron chi connectivity index (χ4n) is 7.01. The van der Waals surface area contributed by atoms with E-state index in [-0.39, 0.29) is 33.2 Å². The quantitative estimate of drug-likeness (QED) is 0.0907. The Morgan fingerprint density at radius 3 is 2.25 bits per heavy atom. The molecule has 326 valence electrons. The first-order valence-corrected chi connectivity index (χ1v) is 23.1. The number of benzene rings is 4. The van der Waals surface area contributed by atoms with E-state index in [9.17, 15) is 21.6 Å². The van der Waals surface area contributed by atoms with Crippen LogP contribution in [0.5, 0.6) is 23.0 Å². The number of methoxy groups -OCH3 is 2. The van der Waals surface area contributed by atoms with Crippen molar-refractivity contribution in [3.63, 3.8) is 0 Å². The van der Waals surface area contributed by atoms with Gasteiger partial charge < -0.3 is 29.6 Å². The molecule has 1 aliphatic rings. The van der Waals surface area contributed by atoms with Crippen molar-refractivity contribution >= 4 is 53.9 Å². The lowest BCUT2D eigenvalue weighted by Gasteiger charge is -2.27. The maximum absolute atomic E-state index is 13.6. The number of urea groups is 1. The summed E-state index contributed by atoms with van der Waals surface area (Å²) in [5.41, 5.74) is 2.90. The van der Waals surface area contributed by atoms with E-state index in [4.69, 9.17) is 18.9 Å². The number of morpholine rings is 1. The van der Waals surface area contributed by atoms with Crippen LogP contribution < -0.4 is 29.6 Å². The molecule has 4 aromatic carbocycles. The molecular formula is C44H54N6O9S2. The summed E-state index contributed by atoms with van der Waals surface area (Å²) in [6.45, 7) is 10.2. The van der Waals surface area contributed by atoms with Crippen LogP contribution >= 0.6 is 0 Å². The van der Waals surface area contributed by atoms with Gasteiger partial charge in [0.05, 0.1) is 50.8 Å². The van der Waals surface area contributed by atoms with E-state index >= 15 is 0 Å². The Bertz CT molecular complexity index is 2590. The van der Waals surface area contributed by atoms with Gasteiger partial charge in [-0.05, 0) is 72.0 Å². The molecule has 0 bridgehead atoms. The normalized spacial score (nSPS) is 13.8. The smallest absolute Gasteiger partial charge is 0.323 e. The number of carbonyl (C=O) groups excluding carboxylic acids is 1. The molecule has 1 fully saturated rings. The third kappa shape index (κ3) is 11.5. The van der Waals surface area contributed by atoms with Crippen molar-refractivity contribution in [1.29, 1.82) is 0 Å². The van der Waals surface area contributed by atoms with Crippen LogP contribution in [0.15, 0.2) is 90.0 Å². The Morgan fingerprint density at radius 2 is 1.56 bits per heavy atom. The number of nitrogens with one attached hydrogen (secondary N) is 3. The number of carbonyl (C=O) groups is 1. The predicted molar refractivity (Wildman–Crippen MR) is 239 cm³/mol. The van der Waals surface area contributed by atoms with Gasteiger partial charge in [-0.25, -0.2) is 25.9 Å². The number of hydrogen-bond donors (Lipinski definition) is 3. The van der Waals surface area contributed by atoms with Gasteiger partial charge in [-0.3, -0.25) is 14.6 Å². The molecule has 15 nitrogen and oxygen atoms in total. The lowest BCUT2D eigenvalue weighted by molar-refractivity contribution is 0.0370. The topological polar surface area (TPSA) is 178 Å². The van der Waals surface area contributed by atoms with Crippen LogP contribution in [0.1, 0.15) is 44.0 Å². The molecular weight excluding hydrogens is 821 g/mol. The third-order valence-corrected chi connectivity index (χ3v) is 12.7. The summed E-state index contributed by atoms with van der Waals surface area (Å²) in [5.74, 6) is 1.49. The summed E-state index contributed by atoms with van der Waals surface area (Å²) in [6, 6.07) is 22.5. The van der Waals surface area contributed by atoms with Gasteiger partial charge in [-0.1, -0.05) is 51.1 Å². The zero-order valence-corrected chi connectivity index (χ0v) is 37.2. The van der Waals surface area contributed by atoms with E-state index in [2.05, 4.69) is 25.2 Å². The van der Waals surface area contributed by atoms with Crippen LogP contribution in [0.25, 0.3) is 10.8 Å². The predicted octanol–water partition coefficient (Wildman–Crippen LogP) is 7.29. The summed E-state index contributed by atoms with van der Waals surface area (Å²) < 4.78 is 78.3. The Hall–Kier alpha value is -5.46. The largest absolute Gasteiger partial charge is 0.495 e. The number of amides is 2. The molecule has 1 aliphatic heterocycles. The average molecular weight is 875 g/mol.